The van der Waals surface area contributed by atoms with E-state index in [0.717, 1.165) is 13.2 Å². The molecule has 0 aliphatic carbocycles. The van der Waals surface area contributed by atoms with E-state index >= 15 is 0 Å². The minimum Gasteiger partial charge on any atom is -0.416 e. The fourth-order valence-electron chi connectivity index (χ4n) is 3.75. The Morgan fingerprint density at radius 3 is 1.21 bits per heavy atom. The standard InChI is InChI=1S/C20H46O2Si2/c1-9-15-24(16-10-2,17-11-3)22-19-20(7,8)18-21-23(12-4,13-5)14-6/h9-19H2,1-8H3. The van der Waals surface area contributed by atoms with Crippen molar-refractivity contribution in [3.63, 3.8) is 0 Å². The average molecular weight is 375 g/mol. The van der Waals surface area contributed by atoms with Gasteiger partial charge >= 0.3 is 0 Å². The van der Waals surface area contributed by atoms with Crippen LogP contribution in [0.3, 0.4) is 0 Å². The quantitative estimate of drug-likeness (QED) is 0.281. The second-order valence-electron chi connectivity index (χ2n) is 8.42. The van der Waals surface area contributed by atoms with Gasteiger partial charge in [-0.05, 0) is 36.3 Å². The molecular weight excluding hydrogens is 328 g/mol. The molecule has 0 aromatic rings. The van der Waals surface area contributed by atoms with Crippen LogP contribution < -0.4 is 0 Å². The Hall–Kier alpha value is 0.354. The molecular formula is C20H46O2Si2. The van der Waals surface area contributed by atoms with E-state index < -0.39 is 16.6 Å². The van der Waals surface area contributed by atoms with Gasteiger partial charge in [-0.25, -0.2) is 0 Å². The van der Waals surface area contributed by atoms with Gasteiger partial charge in [0.05, 0.1) is 0 Å². The molecule has 0 saturated heterocycles. The Bertz CT molecular complexity index is 289. The second kappa shape index (κ2) is 11.9. The average Bonchev–Trinajstić information content (AvgIpc) is 2.56. The Kier molecular flexibility index (Phi) is 12.0. The minimum atomic E-state index is -1.55. The van der Waals surface area contributed by atoms with Gasteiger partial charge in [0, 0.05) is 18.6 Å². The summed E-state index contributed by atoms with van der Waals surface area (Å²) in [7, 11) is -3.04. The maximum atomic E-state index is 6.76. The lowest BCUT2D eigenvalue weighted by Gasteiger charge is -2.37. The third kappa shape index (κ3) is 8.16. The highest BCUT2D eigenvalue weighted by Crippen LogP contribution is 2.31. The smallest absolute Gasteiger partial charge is 0.192 e. The molecule has 4 heteroatoms. The summed E-state index contributed by atoms with van der Waals surface area (Å²) < 4.78 is 13.3. The third-order valence-electron chi connectivity index (χ3n) is 5.59. The summed E-state index contributed by atoms with van der Waals surface area (Å²) >= 11 is 0. The van der Waals surface area contributed by atoms with Gasteiger partial charge in [-0.2, -0.15) is 0 Å². The van der Waals surface area contributed by atoms with Gasteiger partial charge in [0.2, 0.25) is 0 Å². The summed E-state index contributed by atoms with van der Waals surface area (Å²) in [6, 6.07) is 7.67. The van der Waals surface area contributed by atoms with Crippen LogP contribution in [0.25, 0.3) is 0 Å². The Morgan fingerprint density at radius 2 is 0.917 bits per heavy atom. The van der Waals surface area contributed by atoms with Crippen LogP contribution in [0.15, 0.2) is 0 Å². The van der Waals surface area contributed by atoms with Crippen LogP contribution in [0, 0.1) is 5.41 Å². The Morgan fingerprint density at radius 1 is 0.583 bits per heavy atom. The van der Waals surface area contributed by atoms with Crippen molar-refractivity contribution in [2.45, 2.75) is 111 Å². The molecule has 0 saturated carbocycles. The predicted octanol–water partition coefficient (Wildman–Crippen LogP) is 7.23. The topological polar surface area (TPSA) is 18.5 Å². The van der Waals surface area contributed by atoms with Gasteiger partial charge in [-0.3, -0.25) is 0 Å². The molecule has 0 aromatic heterocycles. The van der Waals surface area contributed by atoms with E-state index in [1.165, 1.54) is 55.5 Å². The Labute approximate surface area is 155 Å². The maximum absolute atomic E-state index is 6.76. The highest BCUT2D eigenvalue weighted by atomic mass is 28.4. The molecule has 2 nitrogen and oxygen atoms in total. The Balaban J connectivity index is 4.80. The first-order chi connectivity index (χ1) is 11.3. The van der Waals surface area contributed by atoms with Crippen LogP contribution in [-0.4, -0.2) is 29.8 Å². The lowest BCUT2D eigenvalue weighted by molar-refractivity contribution is 0.0977. The fraction of sp³-hybridized carbons (Fsp3) is 1.00. The van der Waals surface area contributed by atoms with Crippen molar-refractivity contribution < 1.29 is 8.85 Å². The van der Waals surface area contributed by atoms with Crippen molar-refractivity contribution >= 4 is 16.6 Å². The van der Waals surface area contributed by atoms with E-state index in [1.807, 2.05) is 0 Å². The number of hydrogen-bond donors (Lipinski definition) is 0. The molecule has 0 unspecified atom stereocenters. The van der Waals surface area contributed by atoms with Gasteiger partial charge in [0.1, 0.15) is 0 Å². The molecule has 0 radical (unpaired) electrons. The molecule has 0 aliphatic heterocycles. The van der Waals surface area contributed by atoms with Crippen molar-refractivity contribution in [3.05, 3.63) is 0 Å². The van der Waals surface area contributed by atoms with Crippen molar-refractivity contribution in [3.8, 4) is 0 Å². The molecule has 0 N–H and O–H groups in total. The number of hydrogen-bond acceptors (Lipinski definition) is 2. The maximum Gasteiger partial charge on any atom is 0.192 e. The van der Waals surface area contributed by atoms with E-state index in [-0.39, 0.29) is 5.41 Å². The molecule has 146 valence electrons. The van der Waals surface area contributed by atoms with Gasteiger partial charge in [-0.15, -0.1) is 0 Å². The molecule has 0 aromatic carbocycles. The first-order valence-electron chi connectivity index (χ1n) is 10.6. The van der Waals surface area contributed by atoms with Crippen LogP contribution in [0.4, 0.5) is 0 Å². The highest BCUT2D eigenvalue weighted by Gasteiger charge is 2.36. The van der Waals surface area contributed by atoms with Crippen LogP contribution in [-0.2, 0) is 8.85 Å². The lowest BCUT2D eigenvalue weighted by Crippen LogP contribution is -2.44. The van der Waals surface area contributed by atoms with Crippen molar-refractivity contribution in [2.24, 2.45) is 5.41 Å². The molecule has 24 heavy (non-hydrogen) atoms. The van der Waals surface area contributed by atoms with E-state index in [9.17, 15) is 0 Å². The van der Waals surface area contributed by atoms with Crippen molar-refractivity contribution in [1.82, 2.24) is 0 Å². The molecule has 0 aliphatic rings. The molecule has 0 heterocycles. The van der Waals surface area contributed by atoms with E-state index in [0.29, 0.717) is 0 Å². The number of rotatable bonds is 15. The van der Waals surface area contributed by atoms with Crippen molar-refractivity contribution in [1.29, 1.82) is 0 Å². The van der Waals surface area contributed by atoms with E-state index in [1.54, 1.807) is 0 Å². The summed E-state index contributed by atoms with van der Waals surface area (Å²) in [5, 5.41) is 0. The van der Waals surface area contributed by atoms with Crippen LogP contribution in [0.1, 0.15) is 74.7 Å². The normalized spacial score (nSPS) is 13.5. The molecule has 0 spiro atoms. The molecule has 0 fully saturated rings. The zero-order valence-corrected chi connectivity index (χ0v) is 20.1. The summed E-state index contributed by atoms with van der Waals surface area (Å²) in [6.45, 7) is 20.3. The molecule has 0 amide bonds. The summed E-state index contributed by atoms with van der Waals surface area (Å²) in [5.41, 5.74) is 0.130. The lowest BCUT2D eigenvalue weighted by atomic mass is 9.97. The van der Waals surface area contributed by atoms with Crippen LogP contribution in [0.5, 0.6) is 0 Å². The summed E-state index contributed by atoms with van der Waals surface area (Å²) in [6.07, 6.45) is 3.79. The fourth-order valence-corrected chi connectivity index (χ4v) is 11.2. The second-order valence-corrected chi connectivity index (χ2v) is 17.3. The largest absolute Gasteiger partial charge is 0.416 e. The molecule has 0 atom stereocenters. The van der Waals surface area contributed by atoms with Crippen LogP contribution in [0.2, 0.25) is 36.3 Å². The van der Waals surface area contributed by atoms with Gasteiger partial charge in [-0.1, -0.05) is 74.7 Å². The SMILES string of the molecule is CCC[Si](CCC)(CCC)OCC(C)(C)CO[Si](CC)(CC)CC. The monoisotopic (exact) mass is 374 g/mol. The third-order valence-corrected chi connectivity index (χ3v) is 15.2. The van der Waals surface area contributed by atoms with E-state index in [4.69, 9.17) is 8.85 Å². The molecule has 0 bridgehead atoms. The van der Waals surface area contributed by atoms with Gasteiger partial charge in [0.25, 0.3) is 0 Å². The zero-order valence-electron chi connectivity index (χ0n) is 18.1. The highest BCUT2D eigenvalue weighted by molar-refractivity contribution is 6.74. The minimum absolute atomic E-state index is 0.130. The van der Waals surface area contributed by atoms with E-state index in [2.05, 4.69) is 55.4 Å². The van der Waals surface area contributed by atoms with Gasteiger partial charge < -0.3 is 8.85 Å². The summed E-state index contributed by atoms with van der Waals surface area (Å²) in [4.78, 5) is 0. The molecule has 0 rings (SSSR count). The first kappa shape index (κ1) is 24.4. The summed E-state index contributed by atoms with van der Waals surface area (Å²) in [5.74, 6) is 0. The van der Waals surface area contributed by atoms with Crippen LogP contribution >= 0.6 is 0 Å². The first-order valence-corrected chi connectivity index (χ1v) is 15.6. The zero-order chi connectivity index (χ0) is 18.7. The predicted molar refractivity (Wildman–Crippen MR) is 114 cm³/mol. The van der Waals surface area contributed by atoms with Crippen molar-refractivity contribution in [2.75, 3.05) is 13.2 Å². The van der Waals surface area contributed by atoms with Gasteiger partial charge in [0.15, 0.2) is 16.6 Å².